The molecule has 0 spiro atoms. The molecule has 1 aliphatic heterocycles. The van der Waals surface area contributed by atoms with Gasteiger partial charge in [0.25, 0.3) is 0 Å². The molecule has 3 nitrogen and oxygen atoms in total. The van der Waals surface area contributed by atoms with E-state index in [0.717, 1.165) is 17.7 Å². The third-order valence-corrected chi connectivity index (χ3v) is 3.29. The van der Waals surface area contributed by atoms with Crippen LogP contribution in [0, 0.1) is 0 Å². The smallest absolute Gasteiger partial charge is 0.227 e. The van der Waals surface area contributed by atoms with Crippen LogP contribution in [-0.4, -0.2) is 24.7 Å². The average Bonchev–Trinajstić information content (AvgIpc) is 2.32. The topological polar surface area (TPSA) is 40.5 Å². The second kappa shape index (κ2) is 4.26. The van der Waals surface area contributed by atoms with Crippen molar-refractivity contribution in [3.05, 3.63) is 29.3 Å². The van der Waals surface area contributed by atoms with Gasteiger partial charge in [0.1, 0.15) is 0 Å². The zero-order valence-corrected chi connectivity index (χ0v) is 9.73. The molecule has 0 aromatic heterocycles. The standard InChI is InChI=1S/C13H17NO2/c1-9(8-15)10-3-5-12-11(7-10)4-6-13(16)14(12)2/h3,5,7,9,15H,4,6,8H2,1-2H3. The molecule has 1 heterocycles. The Labute approximate surface area is 95.7 Å². The number of nitrogens with zero attached hydrogens (tertiary/aromatic N) is 1. The Morgan fingerprint density at radius 1 is 1.44 bits per heavy atom. The summed E-state index contributed by atoms with van der Waals surface area (Å²) < 4.78 is 0. The summed E-state index contributed by atoms with van der Waals surface area (Å²) in [5, 5.41) is 9.12. The van der Waals surface area contributed by atoms with Crippen molar-refractivity contribution in [1.82, 2.24) is 0 Å². The Morgan fingerprint density at radius 3 is 2.88 bits per heavy atom. The molecule has 2 rings (SSSR count). The van der Waals surface area contributed by atoms with E-state index in [1.54, 1.807) is 4.90 Å². The molecule has 0 saturated carbocycles. The first-order valence-corrected chi connectivity index (χ1v) is 5.63. The maximum Gasteiger partial charge on any atom is 0.227 e. The monoisotopic (exact) mass is 219 g/mol. The molecule has 86 valence electrons. The summed E-state index contributed by atoms with van der Waals surface area (Å²) in [5.41, 5.74) is 3.36. The van der Waals surface area contributed by atoms with Gasteiger partial charge in [-0.1, -0.05) is 19.1 Å². The predicted octanol–water partition coefficient (Wildman–Crippen LogP) is 1.69. The molecule has 1 atom stereocenters. The molecule has 1 aliphatic rings. The molecule has 0 bridgehead atoms. The van der Waals surface area contributed by atoms with E-state index in [-0.39, 0.29) is 18.4 Å². The van der Waals surface area contributed by atoms with E-state index in [1.807, 2.05) is 26.1 Å². The Bertz CT molecular complexity index is 414. The Balaban J connectivity index is 2.37. The van der Waals surface area contributed by atoms with Gasteiger partial charge in [-0.25, -0.2) is 0 Å². The lowest BCUT2D eigenvalue weighted by Crippen LogP contribution is -2.31. The molecule has 1 amide bonds. The minimum absolute atomic E-state index is 0.160. The lowest BCUT2D eigenvalue weighted by molar-refractivity contribution is -0.118. The molecule has 0 saturated heterocycles. The molecule has 16 heavy (non-hydrogen) atoms. The zero-order valence-electron chi connectivity index (χ0n) is 9.73. The Hall–Kier alpha value is -1.35. The van der Waals surface area contributed by atoms with Crippen molar-refractivity contribution in [1.29, 1.82) is 0 Å². The normalized spacial score (nSPS) is 17.2. The molecule has 1 aromatic carbocycles. The second-order valence-corrected chi connectivity index (χ2v) is 4.42. The SMILES string of the molecule is CC(CO)c1ccc2c(c1)CCC(=O)N2C. The van der Waals surface area contributed by atoms with Crippen LogP contribution >= 0.6 is 0 Å². The van der Waals surface area contributed by atoms with Crippen molar-refractivity contribution in [3.8, 4) is 0 Å². The van der Waals surface area contributed by atoms with Gasteiger partial charge in [0.15, 0.2) is 0 Å². The van der Waals surface area contributed by atoms with Gasteiger partial charge in [-0.05, 0) is 23.6 Å². The number of aliphatic hydroxyl groups excluding tert-OH is 1. The summed E-state index contributed by atoms with van der Waals surface area (Å²) in [4.78, 5) is 13.2. The van der Waals surface area contributed by atoms with E-state index in [0.29, 0.717) is 6.42 Å². The fourth-order valence-corrected chi connectivity index (χ4v) is 2.09. The van der Waals surface area contributed by atoms with Gasteiger partial charge >= 0.3 is 0 Å². The van der Waals surface area contributed by atoms with E-state index in [9.17, 15) is 4.79 Å². The average molecular weight is 219 g/mol. The predicted molar refractivity (Wildman–Crippen MR) is 63.7 cm³/mol. The lowest BCUT2D eigenvalue weighted by atomic mass is 9.94. The van der Waals surface area contributed by atoms with Crippen LogP contribution in [0.25, 0.3) is 0 Å². The van der Waals surface area contributed by atoms with E-state index < -0.39 is 0 Å². The zero-order chi connectivity index (χ0) is 11.7. The number of carbonyl (C=O) groups is 1. The highest BCUT2D eigenvalue weighted by atomic mass is 16.3. The van der Waals surface area contributed by atoms with Crippen LogP contribution < -0.4 is 4.90 Å². The number of fused-ring (bicyclic) bond motifs is 1. The van der Waals surface area contributed by atoms with E-state index in [1.165, 1.54) is 5.56 Å². The van der Waals surface area contributed by atoms with Crippen LogP contribution in [0.4, 0.5) is 5.69 Å². The first-order valence-electron chi connectivity index (χ1n) is 5.63. The van der Waals surface area contributed by atoms with Crippen LogP contribution in [0.2, 0.25) is 0 Å². The maximum atomic E-state index is 11.5. The van der Waals surface area contributed by atoms with Crippen LogP contribution in [0.5, 0.6) is 0 Å². The van der Waals surface area contributed by atoms with Crippen molar-refractivity contribution in [2.24, 2.45) is 0 Å². The number of hydrogen-bond donors (Lipinski definition) is 1. The Morgan fingerprint density at radius 2 is 2.19 bits per heavy atom. The summed E-state index contributed by atoms with van der Waals surface area (Å²) in [6, 6.07) is 6.09. The molecule has 0 radical (unpaired) electrons. The highest BCUT2D eigenvalue weighted by Crippen LogP contribution is 2.29. The number of anilines is 1. The number of amides is 1. The van der Waals surface area contributed by atoms with Crippen LogP contribution in [0.15, 0.2) is 18.2 Å². The molecule has 3 heteroatoms. The number of carbonyl (C=O) groups excluding carboxylic acids is 1. The maximum absolute atomic E-state index is 11.5. The molecular formula is C13H17NO2. The van der Waals surface area contributed by atoms with Gasteiger partial charge in [0.05, 0.1) is 0 Å². The molecule has 0 aliphatic carbocycles. The molecule has 0 fully saturated rings. The van der Waals surface area contributed by atoms with Crippen LogP contribution in [0.3, 0.4) is 0 Å². The second-order valence-electron chi connectivity index (χ2n) is 4.42. The molecular weight excluding hydrogens is 202 g/mol. The van der Waals surface area contributed by atoms with Gasteiger partial charge in [-0.3, -0.25) is 4.79 Å². The Kier molecular flexibility index (Phi) is 2.97. The quantitative estimate of drug-likeness (QED) is 0.822. The summed E-state index contributed by atoms with van der Waals surface area (Å²) in [5.74, 6) is 0.337. The number of rotatable bonds is 2. The highest BCUT2D eigenvalue weighted by molar-refractivity contribution is 5.95. The minimum Gasteiger partial charge on any atom is -0.396 e. The lowest BCUT2D eigenvalue weighted by Gasteiger charge is -2.26. The van der Waals surface area contributed by atoms with Crippen molar-refractivity contribution in [3.63, 3.8) is 0 Å². The largest absolute Gasteiger partial charge is 0.396 e. The molecule has 1 unspecified atom stereocenters. The van der Waals surface area contributed by atoms with Crippen LogP contribution in [0.1, 0.15) is 30.4 Å². The number of aliphatic hydroxyl groups is 1. The summed E-state index contributed by atoms with van der Waals surface area (Å²) in [6.45, 7) is 2.16. The van der Waals surface area contributed by atoms with Crippen molar-refractivity contribution in [2.75, 3.05) is 18.6 Å². The highest BCUT2D eigenvalue weighted by Gasteiger charge is 2.21. The number of benzene rings is 1. The van der Waals surface area contributed by atoms with E-state index in [4.69, 9.17) is 5.11 Å². The van der Waals surface area contributed by atoms with Crippen molar-refractivity contribution in [2.45, 2.75) is 25.7 Å². The summed E-state index contributed by atoms with van der Waals surface area (Å²) in [6.07, 6.45) is 1.39. The van der Waals surface area contributed by atoms with Gasteiger partial charge in [0.2, 0.25) is 5.91 Å². The van der Waals surface area contributed by atoms with Gasteiger partial charge < -0.3 is 10.0 Å². The third kappa shape index (κ3) is 1.83. The van der Waals surface area contributed by atoms with Gasteiger partial charge in [-0.2, -0.15) is 0 Å². The first-order chi connectivity index (χ1) is 7.63. The van der Waals surface area contributed by atoms with E-state index in [2.05, 4.69) is 6.07 Å². The minimum atomic E-state index is 0.160. The molecule has 1 aromatic rings. The summed E-state index contributed by atoms with van der Waals surface area (Å²) >= 11 is 0. The van der Waals surface area contributed by atoms with Gasteiger partial charge in [-0.15, -0.1) is 0 Å². The number of aryl methyl sites for hydroxylation is 1. The first kappa shape index (κ1) is 11.1. The van der Waals surface area contributed by atoms with Crippen LogP contribution in [-0.2, 0) is 11.2 Å². The van der Waals surface area contributed by atoms with Crippen molar-refractivity contribution < 1.29 is 9.90 Å². The van der Waals surface area contributed by atoms with Crippen molar-refractivity contribution >= 4 is 11.6 Å². The number of hydrogen-bond acceptors (Lipinski definition) is 2. The van der Waals surface area contributed by atoms with E-state index >= 15 is 0 Å². The fraction of sp³-hybridized carbons (Fsp3) is 0.462. The molecule has 1 N–H and O–H groups in total. The third-order valence-electron chi connectivity index (χ3n) is 3.29. The fourth-order valence-electron chi connectivity index (χ4n) is 2.09. The summed E-state index contributed by atoms with van der Waals surface area (Å²) in [7, 11) is 1.81. The van der Waals surface area contributed by atoms with Gasteiger partial charge in [0, 0.05) is 31.7 Å².